The summed E-state index contributed by atoms with van der Waals surface area (Å²) < 4.78 is 16.8. The maximum Gasteiger partial charge on any atom is 0.253 e. The average Bonchev–Trinajstić information content (AvgIpc) is 3.10. The molecule has 0 spiro atoms. The van der Waals surface area contributed by atoms with E-state index in [9.17, 15) is 4.79 Å². The van der Waals surface area contributed by atoms with Gasteiger partial charge in [-0.1, -0.05) is 30.3 Å². The molecule has 27 heavy (non-hydrogen) atoms. The number of amides is 1. The molecule has 6 heteroatoms. The number of benzene rings is 2. The van der Waals surface area contributed by atoms with Gasteiger partial charge in [0.15, 0.2) is 11.5 Å². The molecule has 1 amide bonds. The summed E-state index contributed by atoms with van der Waals surface area (Å²) in [5.41, 5.74) is 3.10. The molecule has 0 radical (unpaired) electrons. The molecule has 1 unspecified atom stereocenters. The molecule has 3 aromatic rings. The van der Waals surface area contributed by atoms with Crippen LogP contribution in [0.1, 0.15) is 21.8 Å². The lowest BCUT2D eigenvalue weighted by Gasteiger charge is -2.27. The fourth-order valence-corrected chi connectivity index (χ4v) is 3.21. The zero-order valence-corrected chi connectivity index (χ0v) is 15.3. The van der Waals surface area contributed by atoms with Crippen LogP contribution in [0.15, 0.2) is 52.9 Å². The third kappa shape index (κ3) is 4.18. The van der Waals surface area contributed by atoms with Gasteiger partial charge in [-0.2, -0.15) is 0 Å². The molecule has 0 bridgehead atoms. The predicted octanol–water partition coefficient (Wildman–Crippen LogP) is 2.91. The second kappa shape index (κ2) is 7.90. The average molecular weight is 366 g/mol. The van der Waals surface area contributed by atoms with Gasteiger partial charge in [0, 0.05) is 25.6 Å². The van der Waals surface area contributed by atoms with Crippen LogP contribution in [0.4, 0.5) is 0 Å². The second-order valence-electron chi connectivity index (χ2n) is 6.71. The van der Waals surface area contributed by atoms with Gasteiger partial charge in [0.25, 0.3) is 5.91 Å². The van der Waals surface area contributed by atoms with Crippen molar-refractivity contribution >= 4 is 17.0 Å². The van der Waals surface area contributed by atoms with Crippen molar-refractivity contribution in [2.24, 2.45) is 0 Å². The first kappa shape index (κ1) is 17.7. The van der Waals surface area contributed by atoms with Crippen LogP contribution in [-0.4, -0.2) is 55.3 Å². The number of oxazole rings is 1. The van der Waals surface area contributed by atoms with E-state index in [1.54, 1.807) is 30.1 Å². The van der Waals surface area contributed by atoms with Crippen molar-refractivity contribution in [2.75, 3.05) is 33.4 Å². The van der Waals surface area contributed by atoms with E-state index in [1.807, 2.05) is 30.3 Å². The fourth-order valence-electron chi connectivity index (χ4n) is 3.21. The highest BCUT2D eigenvalue weighted by Crippen LogP contribution is 2.20. The Kier molecular flexibility index (Phi) is 5.18. The lowest BCUT2D eigenvalue weighted by atomic mass is 10.1. The van der Waals surface area contributed by atoms with Crippen molar-refractivity contribution in [2.45, 2.75) is 12.5 Å². The highest BCUT2D eigenvalue weighted by molar-refractivity contribution is 5.97. The molecular formula is C21H22N2O4. The first-order valence-electron chi connectivity index (χ1n) is 9.07. The van der Waals surface area contributed by atoms with Crippen LogP contribution < -0.4 is 0 Å². The van der Waals surface area contributed by atoms with Crippen LogP contribution in [0, 0.1) is 0 Å². The normalized spacial score (nSPS) is 17.1. The Balaban J connectivity index is 1.48. The number of hydrogen-bond donors (Lipinski definition) is 0. The largest absolute Gasteiger partial charge is 0.440 e. The minimum Gasteiger partial charge on any atom is -0.440 e. The van der Waals surface area contributed by atoms with Gasteiger partial charge < -0.3 is 18.8 Å². The highest BCUT2D eigenvalue weighted by Gasteiger charge is 2.21. The van der Waals surface area contributed by atoms with Crippen molar-refractivity contribution in [1.29, 1.82) is 0 Å². The molecular weight excluding hydrogens is 344 g/mol. The molecule has 1 aliphatic rings. The third-order valence-electron chi connectivity index (χ3n) is 4.59. The molecule has 1 fully saturated rings. The van der Waals surface area contributed by atoms with Gasteiger partial charge in [-0.3, -0.25) is 4.79 Å². The summed E-state index contributed by atoms with van der Waals surface area (Å²) in [5.74, 6) is 0.570. The van der Waals surface area contributed by atoms with E-state index >= 15 is 0 Å². The van der Waals surface area contributed by atoms with Gasteiger partial charge in [0.05, 0.1) is 25.9 Å². The monoisotopic (exact) mass is 366 g/mol. The topological polar surface area (TPSA) is 64.8 Å². The number of nitrogens with zero attached hydrogens (tertiary/aromatic N) is 2. The number of likely N-dealkylation sites (N-methyl/N-ethyl adjacent to an activating group) is 1. The minimum absolute atomic E-state index is 0.0707. The van der Waals surface area contributed by atoms with Crippen molar-refractivity contribution in [3.05, 3.63) is 65.5 Å². The minimum atomic E-state index is -0.0824. The molecule has 0 N–H and O–H groups in total. The Morgan fingerprint density at radius 2 is 2.04 bits per heavy atom. The van der Waals surface area contributed by atoms with Crippen LogP contribution in [0.2, 0.25) is 0 Å². The molecule has 1 aliphatic heterocycles. The summed E-state index contributed by atoms with van der Waals surface area (Å²) in [6.07, 6.45) is 0.540. The van der Waals surface area contributed by atoms with Gasteiger partial charge in [0.2, 0.25) is 0 Å². The summed E-state index contributed by atoms with van der Waals surface area (Å²) in [5, 5.41) is 0. The fraction of sp³-hybridized carbons (Fsp3) is 0.333. The van der Waals surface area contributed by atoms with E-state index in [4.69, 9.17) is 13.9 Å². The van der Waals surface area contributed by atoms with E-state index in [0.717, 1.165) is 5.56 Å². The molecule has 0 saturated carbocycles. The molecule has 2 aromatic carbocycles. The standard InChI is InChI=1S/C21H22N2O4/c1-23(13-17-14-25-9-10-26-17)21(24)16-7-8-19-18(12-16)22-20(27-19)11-15-5-3-2-4-6-15/h2-8,12,17H,9-11,13-14H2,1H3. The third-order valence-corrected chi connectivity index (χ3v) is 4.59. The highest BCUT2D eigenvalue weighted by atomic mass is 16.6. The van der Waals surface area contributed by atoms with Gasteiger partial charge in [-0.15, -0.1) is 0 Å². The number of hydrogen-bond acceptors (Lipinski definition) is 5. The first-order chi connectivity index (χ1) is 13.2. The maximum atomic E-state index is 12.7. The summed E-state index contributed by atoms with van der Waals surface area (Å²) in [6, 6.07) is 15.4. The number of carbonyl (C=O) groups is 1. The van der Waals surface area contributed by atoms with Gasteiger partial charge in [-0.25, -0.2) is 4.98 Å². The lowest BCUT2D eigenvalue weighted by molar-refractivity contribution is -0.0933. The zero-order chi connectivity index (χ0) is 18.6. The Bertz CT molecular complexity index is 916. The second-order valence-corrected chi connectivity index (χ2v) is 6.71. The van der Waals surface area contributed by atoms with E-state index < -0.39 is 0 Å². The van der Waals surface area contributed by atoms with Crippen molar-refractivity contribution < 1.29 is 18.7 Å². The Morgan fingerprint density at radius 1 is 1.19 bits per heavy atom. The van der Waals surface area contributed by atoms with Crippen LogP contribution in [0.25, 0.3) is 11.1 Å². The van der Waals surface area contributed by atoms with E-state index in [2.05, 4.69) is 4.98 Å². The molecule has 140 valence electrons. The maximum absolute atomic E-state index is 12.7. The number of fused-ring (bicyclic) bond motifs is 1. The van der Waals surface area contributed by atoms with Crippen LogP contribution in [-0.2, 0) is 15.9 Å². The first-order valence-corrected chi connectivity index (χ1v) is 9.07. The summed E-state index contributed by atoms with van der Waals surface area (Å²) in [7, 11) is 1.77. The van der Waals surface area contributed by atoms with E-state index in [0.29, 0.717) is 55.3 Å². The molecule has 2 heterocycles. The van der Waals surface area contributed by atoms with Crippen molar-refractivity contribution in [3.8, 4) is 0 Å². The van der Waals surface area contributed by atoms with Crippen molar-refractivity contribution in [3.63, 3.8) is 0 Å². The molecule has 1 saturated heterocycles. The Hall–Kier alpha value is -2.70. The van der Waals surface area contributed by atoms with Gasteiger partial charge in [-0.05, 0) is 23.8 Å². The predicted molar refractivity (Wildman–Crippen MR) is 101 cm³/mol. The van der Waals surface area contributed by atoms with Crippen LogP contribution >= 0.6 is 0 Å². The number of ether oxygens (including phenoxy) is 2. The van der Waals surface area contributed by atoms with Crippen LogP contribution in [0.5, 0.6) is 0 Å². The van der Waals surface area contributed by atoms with Crippen molar-refractivity contribution in [1.82, 2.24) is 9.88 Å². The number of aromatic nitrogens is 1. The molecule has 4 rings (SSSR count). The molecule has 6 nitrogen and oxygen atoms in total. The molecule has 1 aromatic heterocycles. The summed E-state index contributed by atoms with van der Waals surface area (Å²) in [6.45, 7) is 2.20. The van der Waals surface area contributed by atoms with E-state index in [-0.39, 0.29) is 12.0 Å². The van der Waals surface area contributed by atoms with E-state index in [1.165, 1.54) is 0 Å². The molecule has 1 atom stereocenters. The number of carbonyl (C=O) groups excluding carboxylic acids is 1. The van der Waals surface area contributed by atoms with Gasteiger partial charge >= 0.3 is 0 Å². The number of rotatable bonds is 5. The summed E-state index contributed by atoms with van der Waals surface area (Å²) in [4.78, 5) is 18.9. The quantitative estimate of drug-likeness (QED) is 0.695. The smallest absolute Gasteiger partial charge is 0.253 e. The Labute approximate surface area is 157 Å². The van der Waals surface area contributed by atoms with Gasteiger partial charge in [0.1, 0.15) is 5.52 Å². The summed E-state index contributed by atoms with van der Waals surface area (Å²) >= 11 is 0. The zero-order valence-electron chi connectivity index (χ0n) is 15.3. The Morgan fingerprint density at radius 3 is 2.81 bits per heavy atom. The molecule has 0 aliphatic carbocycles. The SMILES string of the molecule is CN(CC1COCCO1)C(=O)c1ccc2oc(Cc3ccccc3)nc2c1. The van der Waals surface area contributed by atoms with Crippen LogP contribution in [0.3, 0.4) is 0 Å². The lowest BCUT2D eigenvalue weighted by Crippen LogP contribution is -2.40.